The molecule has 0 aliphatic carbocycles. The lowest BCUT2D eigenvalue weighted by atomic mass is 9.85. The molecule has 1 amide bonds. The summed E-state index contributed by atoms with van der Waals surface area (Å²) in [5.41, 5.74) is -0.388. The van der Waals surface area contributed by atoms with Gasteiger partial charge in [0.15, 0.2) is 0 Å². The van der Waals surface area contributed by atoms with Crippen LogP contribution >= 0.6 is 0 Å². The zero-order valence-electron chi connectivity index (χ0n) is 12.5. The molecule has 3 rings (SSSR count). The number of ether oxygens (including phenoxy) is 1. The summed E-state index contributed by atoms with van der Waals surface area (Å²) in [5, 5.41) is 21.6. The molecule has 7 heteroatoms. The number of fused-ring (bicyclic) bond motifs is 1. The maximum absolute atomic E-state index is 12.1. The minimum absolute atomic E-state index is 0.00828. The first kappa shape index (κ1) is 14.8. The number of carbonyl (C=O) groups is 1. The number of rotatable bonds is 2. The van der Waals surface area contributed by atoms with Crippen molar-refractivity contribution in [1.82, 2.24) is 4.90 Å². The predicted molar refractivity (Wildman–Crippen MR) is 77.5 cm³/mol. The van der Waals surface area contributed by atoms with Crippen LogP contribution in [-0.4, -0.2) is 39.1 Å². The molecule has 0 radical (unpaired) electrons. The fourth-order valence-electron chi connectivity index (χ4n) is 3.16. The second kappa shape index (κ2) is 4.95. The molecule has 7 nitrogen and oxygen atoms in total. The van der Waals surface area contributed by atoms with E-state index in [0.29, 0.717) is 24.3 Å². The van der Waals surface area contributed by atoms with Crippen LogP contribution in [0.3, 0.4) is 0 Å². The Bertz CT molecular complexity index is 643. The Morgan fingerprint density at radius 1 is 1.45 bits per heavy atom. The quantitative estimate of drug-likeness (QED) is 0.664. The number of aliphatic hydroxyl groups excluding tert-OH is 1. The maximum Gasteiger partial charge on any atom is 0.273 e. The van der Waals surface area contributed by atoms with Gasteiger partial charge in [-0.25, -0.2) is 0 Å². The van der Waals surface area contributed by atoms with Crippen LogP contribution in [0.4, 0.5) is 5.69 Å². The van der Waals surface area contributed by atoms with Gasteiger partial charge >= 0.3 is 0 Å². The Kier molecular flexibility index (Phi) is 3.32. The fraction of sp³-hybridized carbons (Fsp3) is 0.533. The number of likely N-dealkylation sites (tertiary alicyclic amines) is 1. The van der Waals surface area contributed by atoms with Gasteiger partial charge in [0.05, 0.1) is 17.0 Å². The van der Waals surface area contributed by atoms with Gasteiger partial charge < -0.3 is 14.7 Å². The highest BCUT2D eigenvalue weighted by Gasteiger charge is 2.47. The Morgan fingerprint density at radius 2 is 2.18 bits per heavy atom. The van der Waals surface area contributed by atoms with Crippen LogP contribution in [0.15, 0.2) is 18.2 Å². The van der Waals surface area contributed by atoms with Crippen molar-refractivity contribution in [3.63, 3.8) is 0 Å². The predicted octanol–water partition coefficient (Wildman–Crippen LogP) is 1.79. The molecule has 1 saturated heterocycles. The SMILES string of the molecule is CC1(C)Oc2cc([N+](=O)[O-])ccc2[C@@H](N2CCCC2=O)[C@@H]1O. The summed E-state index contributed by atoms with van der Waals surface area (Å²) >= 11 is 0. The Labute approximate surface area is 127 Å². The molecule has 2 atom stereocenters. The van der Waals surface area contributed by atoms with Crippen LogP contribution in [0.5, 0.6) is 5.75 Å². The Hall–Kier alpha value is -2.15. The summed E-state index contributed by atoms with van der Waals surface area (Å²) < 4.78 is 5.76. The van der Waals surface area contributed by atoms with E-state index in [0.717, 1.165) is 6.42 Å². The van der Waals surface area contributed by atoms with E-state index in [1.54, 1.807) is 24.8 Å². The molecular weight excluding hydrogens is 288 g/mol. The molecule has 2 aliphatic rings. The number of hydrogen-bond acceptors (Lipinski definition) is 5. The normalized spacial score (nSPS) is 26.5. The molecule has 2 heterocycles. The minimum Gasteiger partial charge on any atom is -0.484 e. The van der Waals surface area contributed by atoms with E-state index in [-0.39, 0.29) is 11.6 Å². The largest absolute Gasteiger partial charge is 0.484 e. The molecule has 1 N–H and O–H groups in total. The summed E-state index contributed by atoms with van der Waals surface area (Å²) in [6.07, 6.45) is 0.321. The lowest BCUT2D eigenvalue weighted by Gasteiger charge is -2.45. The average molecular weight is 306 g/mol. The van der Waals surface area contributed by atoms with Gasteiger partial charge in [-0.15, -0.1) is 0 Å². The van der Waals surface area contributed by atoms with E-state index in [2.05, 4.69) is 0 Å². The van der Waals surface area contributed by atoms with Gasteiger partial charge in [-0.05, 0) is 26.3 Å². The number of amides is 1. The smallest absolute Gasteiger partial charge is 0.273 e. The highest BCUT2D eigenvalue weighted by Crippen LogP contribution is 2.45. The van der Waals surface area contributed by atoms with Crippen molar-refractivity contribution < 1.29 is 19.6 Å². The second-order valence-electron chi connectivity index (χ2n) is 6.27. The Balaban J connectivity index is 2.10. The van der Waals surface area contributed by atoms with E-state index in [1.807, 2.05) is 0 Å². The van der Waals surface area contributed by atoms with Crippen molar-refractivity contribution in [2.24, 2.45) is 0 Å². The third kappa shape index (κ3) is 2.21. The number of aliphatic hydroxyl groups is 1. The van der Waals surface area contributed by atoms with Crippen molar-refractivity contribution in [2.75, 3.05) is 6.54 Å². The summed E-state index contributed by atoms with van der Waals surface area (Å²) in [4.78, 5) is 24.2. The molecule has 1 aromatic rings. The topological polar surface area (TPSA) is 92.9 Å². The van der Waals surface area contributed by atoms with Crippen LogP contribution in [0.25, 0.3) is 0 Å². The van der Waals surface area contributed by atoms with E-state index in [9.17, 15) is 20.0 Å². The van der Waals surface area contributed by atoms with E-state index >= 15 is 0 Å². The number of benzene rings is 1. The first-order valence-electron chi connectivity index (χ1n) is 7.26. The molecule has 118 valence electrons. The lowest BCUT2D eigenvalue weighted by molar-refractivity contribution is -0.385. The highest BCUT2D eigenvalue weighted by molar-refractivity contribution is 5.79. The number of nitro groups is 1. The van der Waals surface area contributed by atoms with E-state index < -0.39 is 22.7 Å². The van der Waals surface area contributed by atoms with E-state index in [4.69, 9.17) is 4.74 Å². The third-order valence-electron chi connectivity index (χ3n) is 4.36. The van der Waals surface area contributed by atoms with Crippen LogP contribution < -0.4 is 4.74 Å². The summed E-state index contributed by atoms with van der Waals surface area (Å²) in [7, 11) is 0. The molecule has 0 aromatic heterocycles. The number of hydrogen-bond donors (Lipinski definition) is 1. The average Bonchev–Trinajstić information content (AvgIpc) is 2.85. The molecular formula is C15H18N2O5. The number of non-ortho nitro benzene ring substituents is 1. The minimum atomic E-state index is -0.935. The van der Waals surface area contributed by atoms with Crippen molar-refractivity contribution in [1.29, 1.82) is 0 Å². The van der Waals surface area contributed by atoms with Gasteiger partial charge in [-0.1, -0.05) is 0 Å². The number of nitro benzene ring substituents is 1. The van der Waals surface area contributed by atoms with Gasteiger partial charge in [0.2, 0.25) is 5.91 Å². The molecule has 1 fully saturated rings. The molecule has 1 aromatic carbocycles. The molecule has 0 unspecified atom stereocenters. The monoisotopic (exact) mass is 306 g/mol. The van der Waals surface area contributed by atoms with Gasteiger partial charge in [0.25, 0.3) is 5.69 Å². The fourth-order valence-corrected chi connectivity index (χ4v) is 3.16. The summed E-state index contributed by atoms with van der Waals surface area (Å²) in [6.45, 7) is 4.01. The zero-order valence-corrected chi connectivity index (χ0v) is 12.5. The van der Waals surface area contributed by atoms with Crippen molar-refractivity contribution in [3.05, 3.63) is 33.9 Å². The number of nitrogens with zero attached hydrogens (tertiary/aromatic N) is 2. The molecule has 2 aliphatic heterocycles. The van der Waals surface area contributed by atoms with Gasteiger partial charge in [-0.3, -0.25) is 14.9 Å². The lowest BCUT2D eigenvalue weighted by Crippen LogP contribution is -2.53. The molecule has 0 spiro atoms. The summed E-state index contributed by atoms with van der Waals surface area (Å²) in [6, 6.07) is 3.77. The van der Waals surface area contributed by atoms with E-state index in [1.165, 1.54) is 12.1 Å². The van der Waals surface area contributed by atoms with Gasteiger partial charge in [0.1, 0.15) is 17.5 Å². The van der Waals surface area contributed by atoms with Gasteiger partial charge in [-0.2, -0.15) is 0 Å². The summed E-state index contributed by atoms with van der Waals surface area (Å²) in [5.74, 6) is 0.347. The Morgan fingerprint density at radius 3 is 2.77 bits per heavy atom. The molecule has 0 bridgehead atoms. The van der Waals surface area contributed by atoms with Crippen molar-refractivity contribution in [3.8, 4) is 5.75 Å². The standard InChI is InChI=1S/C15H18N2O5/c1-15(2)14(19)13(16-7-3-4-12(16)18)10-6-5-9(17(20)21)8-11(10)22-15/h5-6,8,13-14,19H,3-4,7H2,1-2H3/t13-,14+/m1/s1. The highest BCUT2D eigenvalue weighted by atomic mass is 16.6. The second-order valence-corrected chi connectivity index (χ2v) is 6.27. The molecule has 0 saturated carbocycles. The third-order valence-corrected chi connectivity index (χ3v) is 4.36. The maximum atomic E-state index is 12.1. The van der Waals surface area contributed by atoms with Crippen molar-refractivity contribution in [2.45, 2.75) is 44.4 Å². The van der Waals surface area contributed by atoms with Crippen LogP contribution in [0, 0.1) is 10.1 Å². The van der Waals surface area contributed by atoms with Gasteiger partial charge in [0, 0.05) is 24.6 Å². The zero-order chi connectivity index (χ0) is 16.1. The number of carbonyl (C=O) groups excluding carboxylic acids is 1. The van der Waals surface area contributed by atoms with Crippen molar-refractivity contribution >= 4 is 11.6 Å². The van der Waals surface area contributed by atoms with Crippen LogP contribution in [0.2, 0.25) is 0 Å². The first-order chi connectivity index (χ1) is 10.3. The molecule has 22 heavy (non-hydrogen) atoms. The van der Waals surface area contributed by atoms with Crippen LogP contribution in [0.1, 0.15) is 38.3 Å². The first-order valence-corrected chi connectivity index (χ1v) is 7.26. The van der Waals surface area contributed by atoms with Crippen LogP contribution in [-0.2, 0) is 4.79 Å².